The van der Waals surface area contributed by atoms with Crippen molar-refractivity contribution in [2.45, 2.75) is 39.3 Å². The summed E-state index contributed by atoms with van der Waals surface area (Å²) in [7, 11) is 0. The first kappa shape index (κ1) is 13.8. The quantitative estimate of drug-likeness (QED) is 0.909. The molecule has 1 atom stereocenters. The monoisotopic (exact) mass is 327 g/mol. The maximum absolute atomic E-state index is 6.43. The normalized spacial score (nSPS) is 12.9. The van der Waals surface area contributed by atoms with Gasteiger partial charge in [0.2, 0.25) is 0 Å². The Kier molecular flexibility index (Phi) is 4.59. The van der Waals surface area contributed by atoms with E-state index in [4.69, 9.17) is 5.73 Å². The molecule has 0 spiro atoms. The summed E-state index contributed by atoms with van der Waals surface area (Å²) in [5.41, 5.74) is 8.85. The number of hydrogen-bond donors (Lipinski definition) is 1. The van der Waals surface area contributed by atoms with Gasteiger partial charge in [-0.15, -0.1) is 11.3 Å². The van der Waals surface area contributed by atoms with Crippen LogP contribution in [0.3, 0.4) is 0 Å². The van der Waals surface area contributed by atoms with Crippen LogP contribution in [0.15, 0.2) is 22.1 Å². The van der Waals surface area contributed by atoms with Gasteiger partial charge in [0.05, 0.1) is 22.4 Å². The summed E-state index contributed by atoms with van der Waals surface area (Å²) in [5.74, 6) is 0. The van der Waals surface area contributed by atoms with Crippen molar-refractivity contribution in [3.05, 3.63) is 38.3 Å². The van der Waals surface area contributed by atoms with E-state index in [-0.39, 0.29) is 6.04 Å². The van der Waals surface area contributed by atoms with E-state index in [1.54, 1.807) is 11.3 Å². The highest BCUT2D eigenvalue weighted by Gasteiger charge is 2.21. The molecular formula is C13H18BrN3S. The van der Waals surface area contributed by atoms with Crippen LogP contribution in [0, 0.1) is 0 Å². The third-order valence-electron chi connectivity index (χ3n) is 3.01. The Morgan fingerprint density at radius 2 is 2.28 bits per heavy atom. The van der Waals surface area contributed by atoms with Gasteiger partial charge in [-0.1, -0.05) is 13.8 Å². The summed E-state index contributed by atoms with van der Waals surface area (Å²) >= 11 is 5.29. The topological polar surface area (TPSA) is 43.8 Å². The molecule has 0 saturated carbocycles. The van der Waals surface area contributed by atoms with E-state index >= 15 is 0 Å². The van der Waals surface area contributed by atoms with E-state index in [9.17, 15) is 0 Å². The third kappa shape index (κ3) is 2.53. The maximum atomic E-state index is 6.43. The Labute approximate surface area is 120 Å². The van der Waals surface area contributed by atoms with Crippen LogP contribution in [0.1, 0.15) is 42.4 Å². The van der Waals surface area contributed by atoms with Crippen LogP contribution >= 0.6 is 27.3 Å². The predicted molar refractivity (Wildman–Crippen MR) is 79.9 cm³/mol. The molecule has 1 unspecified atom stereocenters. The Balaban J connectivity index is 2.39. The molecule has 0 aromatic carbocycles. The lowest BCUT2D eigenvalue weighted by Crippen LogP contribution is -2.18. The lowest BCUT2D eigenvalue weighted by molar-refractivity contribution is 0.560. The minimum Gasteiger partial charge on any atom is -0.318 e. The Morgan fingerprint density at radius 3 is 2.94 bits per heavy atom. The molecule has 98 valence electrons. The van der Waals surface area contributed by atoms with Gasteiger partial charge in [0.1, 0.15) is 0 Å². The summed E-state index contributed by atoms with van der Waals surface area (Å²) in [5, 5.41) is 6.50. The van der Waals surface area contributed by atoms with Gasteiger partial charge < -0.3 is 5.73 Å². The molecule has 2 N–H and O–H groups in total. The van der Waals surface area contributed by atoms with Gasteiger partial charge in [0.15, 0.2) is 0 Å². The molecular weight excluding hydrogens is 310 g/mol. The molecule has 0 aliphatic rings. The average molecular weight is 328 g/mol. The minimum absolute atomic E-state index is 0.0941. The SMILES string of the molecule is CCCn1ncc(Br)c1C(N)c1sccc1CC. The van der Waals surface area contributed by atoms with E-state index < -0.39 is 0 Å². The van der Waals surface area contributed by atoms with Crippen LogP contribution in [-0.2, 0) is 13.0 Å². The van der Waals surface area contributed by atoms with E-state index in [2.05, 4.69) is 46.3 Å². The summed E-state index contributed by atoms with van der Waals surface area (Å²) < 4.78 is 3.01. The van der Waals surface area contributed by atoms with Gasteiger partial charge in [0.25, 0.3) is 0 Å². The zero-order chi connectivity index (χ0) is 13.1. The Hall–Kier alpha value is -0.650. The van der Waals surface area contributed by atoms with Crippen LogP contribution in [0.5, 0.6) is 0 Å². The highest BCUT2D eigenvalue weighted by Crippen LogP contribution is 2.32. The summed E-state index contributed by atoms with van der Waals surface area (Å²) in [6.07, 6.45) is 3.91. The van der Waals surface area contributed by atoms with Crippen LogP contribution in [0.4, 0.5) is 0 Å². The van der Waals surface area contributed by atoms with Crippen molar-refractivity contribution in [1.29, 1.82) is 0 Å². The summed E-state index contributed by atoms with van der Waals surface area (Å²) in [6, 6.07) is 2.07. The average Bonchev–Trinajstić information content (AvgIpc) is 2.96. The second-order valence-corrected chi connectivity index (χ2v) is 6.04. The highest BCUT2D eigenvalue weighted by atomic mass is 79.9. The van der Waals surface area contributed by atoms with Crippen LogP contribution in [-0.4, -0.2) is 9.78 Å². The number of rotatable bonds is 5. The van der Waals surface area contributed by atoms with Crippen LogP contribution in [0.2, 0.25) is 0 Å². The predicted octanol–water partition coefficient (Wildman–Crippen LogP) is 3.73. The zero-order valence-electron chi connectivity index (χ0n) is 10.7. The van der Waals surface area contributed by atoms with E-state index in [1.165, 1.54) is 10.4 Å². The third-order valence-corrected chi connectivity index (χ3v) is 4.66. The van der Waals surface area contributed by atoms with Gasteiger partial charge in [-0.2, -0.15) is 5.10 Å². The number of nitrogens with zero attached hydrogens (tertiary/aromatic N) is 2. The molecule has 18 heavy (non-hydrogen) atoms. The number of aromatic nitrogens is 2. The lowest BCUT2D eigenvalue weighted by Gasteiger charge is -2.15. The molecule has 0 saturated heterocycles. The fraction of sp³-hybridized carbons (Fsp3) is 0.462. The molecule has 0 aliphatic heterocycles. The largest absolute Gasteiger partial charge is 0.318 e. The molecule has 0 amide bonds. The van der Waals surface area contributed by atoms with Crippen molar-refractivity contribution < 1.29 is 0 Å². The standard InChI is InChI=1S/C13H18BrN3S/c1-3-6-17-12(10(14)8-16-17)11(15)13-9(4-2)5-7-18-13/h5,7-8,11H,3-4,6,15H2,1-2H3. The second kappa shape index (κ2) is 5.99. The number of aryl methyl sites for hydroxylation is 2. The van der Waals surface area contributed by atoms with Gasteiger partial charge in [-0.05, 0) is 45.8 Å². The molecule has 0 radical (unpaired) electrons. The molecule has 0 bridgehead atoms. The molecule has 0 fully saturated rings. The zero-order valence-corrected chi connectivity index (χ0v) is 13.1. The van der Waals surface area contributed by atoms with Crippen molar-refractivity contribution in [1.82, 2.24) is 9.78 Å². The lowest BCUT2D eigenvalue weighted by atomic mass is 10.1. The smallest absolute Gasteiger partial charge is 0.0831 e. The minimum atomic E-state index is -0.0941. The number of thiophene rings is 1. The Bertz CT molecular complexity index is 518. The molecule has 2 heterocycles. The van der Waals surface area contributed by atoms with Crippen molar-refractivity contribution in [2.24, 2.45) is 5.73 Å². The van der Waals surface area contributed by atoms with E-state index in [0.717, 1.165) is 29.6 Å². The first-order valence-corrected chi connectivity index (χ1v) is 7.89. The fourth-order valence-corrected chi connectivity index (χ4v) is 3.65. The maximum Gasteiger partial charge on any atom is 0.0831 e. The fourth-order valence-electron chi connectivity index (χ4n) is 2.11. The first-order chi connectivity index (χ1) is 8.69. The molecule has 2 aromatic rings. The van der Waals surface area contributed by atoms with E-state index in [0.29, 0.717) is 0 Å². The van der Waals surface area contributed by atoms with Gasteiger partial charge in [-0.25, -0.2) is 0 Å². The van der Waals surface area contributed by atoms with Crippen LogP contribution < -0.4 is 5.73 Å². The van der Waals surface area contributed by atoms with Crippen molar-refractivity contribution in [3.63, 3.8) is 0 Å². The van der Waals surface area contributed by atoms with Gasteiger partial charge in [-0.3, -0.25) is 4.68 Å². The summed E-state index contributed by atoms with van der Waals surface area (Å²) in [6.45, 7) is 5.21. The number of hydrogen-bond acceptors (Lipinski definition) is 3. The molecule has 5 heteroatoms. The van der Waals surface area contributed by atoms with Gasteiger partial charge >= 0.3 is 0 Å². The molecule has 3 nitrogen and oxygen atoms in total. The van der Waals surface area contributed by atoms with Crippen LogP contribution in [0.25, 0.3) is 0 Å². The van der Waals surface area contributed by atoms with Gasteiger partial charge in [0, 0.05) is 11.4 Å². The molecule has 0 aliphatic carbocycles. The summed E-state index contributed by atoms with van der Waals surface area (Å²) in [4.78, 5) is 1.25. The van der Waals surface area contributed by atoms with Crippen molar-refractivity contribution >= 4 is 27.3 Å². The van der Waals surface area contributed by atoms with E-state index in [1.807, 2.05) is 10.9 Å². The van der Waals surface area contributed by atoms with Crippen molar-refractivity contribution in [2.75, 3.05) is 0 Å². The molecule has 2 aromatic heterocycles. The first-order valence-electron chi connectivity index (χ1n) is 6.22. The highest BCUT2D eigenvalue weighted by molar-refractivity contribution is 9.10. The second-order valence-electron chi connectivity index (χ2n) is 4.24. The molecule has 2 rings (SSSR count). The van der Waals surface area contributed by atoms with Crippen molar-refractivity contribution in [3.8, 4) is 0 Å². The Morgan fingerprint density at radius 1 is 1.50 bits per heavy atom. The number of halogens is 1. The number of nitrogens with two attached hydrogens (primary N) is 1.